The SMILES string of the molecule is O=C1S/C(=C\c2ccc(Sc3ccc(Cl)cc3)c([N+](=O)[O-])c2)C(=O)N1Cc1c(Cl)cccc1Cl. The van der Waals surface area contributed by atoms with E-state index in [4.69, 9.17) is 34.8 Å². The molecule has 0 aromatic heterocycles. The first kappa shape index (κ1) is 24.6. The number of carbonyl (C=O) groups is 2. The summed E-state index contributed by atoms with van der Waals surface area (Å²) < 4.78 is 0. The predicted octanol–water partition coefficient (Wildman–Crippen LogP) is 7.94. The van der Waals surface area contributed by atoms with Gasteiger partial charge in [-0.25, -0.2) is 0 Å². The third-order valence-electron chi connectivity index (χ3n) is 4.77. The quantitative estimate of drug-likeness (QED) is 0.176. The Morgan fingerprint density at radius 3 is 2.32 bits per heavy atom. The minimum atomic E-state index is -0.520. The summed E-state index contributed by atoms with van der Waals surface area (Å²) in [6.45, 7) is -0.0721. The zero-order chi connectivity index (χ0) is 24.4. The van der Waals surface area contributed by atoms with Gasteiger partial charge in [0.2, 0.25) is 0 Å². The second-order valence-electron chi connectivity index (χ2n) is 7.01. The highest BCUT2D eigenvalue weighted by molar-refractivity contribution is 8.18. The molecule has 1 aliphatic rings. The second-order valence-corrected chi connectivity index (χ2v) is 10.4. The number of hydrogen-bond donors (Lipinski definition) is 0. The van der Waals surface area contributed by atoms with Gasteiger partial charge in [0, 0.05) is 31.6 Å². The molecule has 0 atom stereocenters. The lowest BCUT2D eigenvalue weighted by molar-refractivity contribution is -0.387. The fourth-order valence-electron chi connectivity index (χ4n) is 3.11. The van der Waals surface area contributed by atoms with Crippen LogP contribution in [0.4, 0.5) is 10.5 Å². The van der Waals surface area contributed by atoms with Crippen LogP contribution in [-0.4, -0.2) is 21.0 Å². The average molecular weight is 552 g/mol. The van der Waals surface area contributed by atoms with Crippen molar-refractivity contribution in [3.05, 3.63) is 102 Å². The molecular weight excluding hydrogens is 539 g/mol. The molecule has 3 aromatic rings. The van der Waals surface area contributed by atoms with Gasteiger partial charge in [-0.1, -0.05) is 58.7 Å². The Morgan fingerprint density at radius 2 is 1.68 bits per heavy atom. The summed E-state index contributed by atoms with van der Waals surface area (Å²) in [5.74, 6) is -0.520. The molecule has 6 nitrogen and oxygen atoms in total. The van der Waals surface area contributed by atoms with Gasteiger partial charge >= 0.3 is 0 Å². The van der Waals surface area contributed by atoms with E-state index < -0.39 is 16.1 Å². The summed E-state index contributed by atoms with van der Waals surface area (Å²) in [4.78, 5) is 39.0. The third kappa shape index (κ3) is 5.42. The van der Waals surface area contributed by atoms with E-state index in [-0.39, 0.29) is 17.1 Å². The van der Waals surface area contributed by atoms with Gasteiger partial charge in [-0.2, -0.15) is 0 Å². The highest BCUT2D eigenvalue weighted by Gasteiger charge is 2.35. The van der Waals surface area contributed by atoms with Crippen molar-refractivity contribution in [3.8, 4) is 0 Å². The summed E-state index contributed by atoms with van der Waals surface area (Å²) in [5.41, 5.74) is 0.776. The molecule has 1 aliphatic heterocycles. The van der Waals surface area contributed by atoms with Crippen LogP contribution in [0.1, 0.15) is 11.1 Å². The first-order chi connectivity index (χ1) is 16.2. The number of hydrogen-bond acceptors (Lipinski definition) is 6. The lowest BCUT2D eigenvalue weighted by atomic mass is 10.1. The Bertz CT molecular complexity index is 1330. The zero-order valence-electron chi connectivity index (χ0n) is 17.0. The number of amides is 2. The number of nitrogens with zero attached hydrogens (tertiary/aromatic N) is 2. The van der Waals surface area contributed by atoms with Crippen molar-refractivity contribution in [3.63, 3.8) is 0 Å². The Balaban J connectivity index is 1.59. The van der Waals surface area contributed by atoms with E-state index in [0.717, 1.165) is 21.6 Å². The Labute approximate surface area is 218 Å². The van der Waals surface area contributed by atoms with E-state index in [9.17, 15) is 19.7 Å². The van der Waals surface area contributed by atoms with Crippen LogP contribution >= 0.6 is 58.3 Å². The molecule has 0 aliphatic carbocycles. The van der Waals surface area contributed by atoms with E-state index in [1.54, 1.807) is 54.6 Å². The molecule has 0 bridgehead atoms. The predicted molar refractivity (Wildman–Crippen MR) is 137 cm³/mol. The maximum atomic E-state index is 12.9. The lowest BCUT2D eigenvalue weighted by Crippen LogP contribution is -2.27. The van der Waals surface area contributed by atoms with Crippen molar-refractivity contribution in [2.75, 3.05) is 0 Å². The highest BCUT2D eigenvalue weighted by Crippen LogP contribution is 2.38. The number of nitro groups is 1. The van der Waals surface area contributed by atoms with Crippen LogP contribution in [0.3, 0.4) is 0 Å². The van der Waals surface area contributed by atoms with Crippen molar-refractivity contribution in [2.45, 2.75) is 16.3 Å². The topological polar surface area (TPSA) is 80.5 Å². The smallest absolute Gasteiger partial charge is 0.268 e. The molecule has 2 amide bonds. The standard InChI is InChI=1S/C23H13Cl3N2O4S2/c24-14-5-7-15(8-6-14)33-20-9-4-13(10-19(20)28(31)32)11-21-22(29)27(23(30)34-21)12-16-17(25)2-1-3-18(16)26/h1-11H,12H2/b21-11-. The van der Waals surface area contributed by atoms with E-state index >= 15 is 0 Å². The maximum absolute atomic E-state index is 12.9. The van der Waals surface area contributed by atoms with Crippen LogP contribution in [0.2, 0.25) is 15.1 Å². The number of thioether (sulfide) groups is 1. The minimum Gasteiger partial charge on any atom is -0.268 e. The Hall–Kier alpha value is -2.49. The maximum Gasteiger partial charge on any atom is 0.293 e. The number of imide groups is 1. The molecule has 4 rings (SSSR count). The van der Waals surface area contributed by atoms with Crippen molar-refractivity contribution < 1.29 is 14.5 Å². The number of benzene rings is 3. The van der Waals surface area contributed by atoms with Crippen LogP contribution in [-0.2, 0) is 11.3 Å². The van der Waals surface area contributed by atoms with Crippen molar-refractivity contribution in [1.29, 1.82) is 0 Å². The van der Waals surface area contributed by atoms with Crippen LogP contribution in [0, 0.1) is 10.1 Å². The molecule has 3 aromatic carbocycles. The molecule has 1 saturated heterocycles. The molecule has 1 heterocycles. The van der Waals surface area contributed by atoms with E-state index in [2.05, 4.69) is 0 Å². The molecule has 0 N–H and O–H groups in total. The number of carbonyl (C=O) groups excluding carboxylic acids is 2. The largest absolute Gasteiger partial charge is 0.293 e. The van der Waals surface area contributed by atoms with E-state index in [1.807, 2.05) is 0 Å². The fraction of sp³-hybridized carbons (Fsp3) is 0.0435. The summed E-state index contributed by atoms with van der Waals surface area (Å²) in [5, 5.41) is 12.5. The Kier molecular flexibility index (Phi) is 7.54. The van der Waals surface area contributed by atoms with Gasteiger partial charge < -0.3 is 0 Å². The zero-order valence-corrected chi connectivity index (χ0v) is 20.9. The van der Waals surface area contributed by atoms with Crippen LogP contribution in [0.15, 0.2) is 75.4 Å². The Morgan fingerprint density at radius 1 is 1.00 bits per heavy atom. The highest BCUT2D eigenvalue weighted by atomic mass is 35.5. The lowest BCUT2D eigenvalue weighted by Gasteiger charge is -2.14. The average Bonchev–Trinajstić information content (AvgIpc) is 3.05. The van der Waals surface area contributed by atoms with Gasteiger partial charge in [0.05, 0.1) is 21.3 Å². The van der Waals surface area contributed by atoms with Gasteiger partial charge in [0.15, 0.2) is 0 Å². The summed E-state index contributed by atoms with van der Waals surface area (Å²) in [6.07, 6.45) is 1.46. The van der Waals surface area contributed by atoms with Crippen LogP contribution in [0.5, 0.6) is 0 Å². The molecule has 0 unspecified atom stereocenters. The van der Waals surface area contributed by atoms with Gasteiger partial charge in [-0.3, -0.25) is 24.6 Å². The van der Waals surface area contributed by atoms with Crippen molar-refractivity contribution >= 4 is 81.2 Å². The monoisotopic (exact) mass is 550 g/mol. The van der Waals surface area contributed by atoms with Crippen LogP contribution < -0.4 is 0 Å². The molecule has 34 heavy (non-hydrogen) atoms. The molecule has 1 fully saturated rings. The van der Waals surface area contributed by atoms with Gasteiger partial charge in [-0.15, -0.1) is 0 Å². The molecule has 0 spiro atoms. The normalized spacial score (nSPS) is 14.8. The number of halogens is 3. The summed E-state index contributed by atoms with van der Waals surface area (Å²) in [7, 11) is 0. The van der Waals surface area contributed by atoms with Crippen molar-refractivity contribution in [2.24, 2.45) is 0 Å². The van der Waals surface area contributed by atoms with Crippen LogP contribution in [0.25, 0.3) is 6.08 Å². The fourth-order valence-corrected chi connectivity index (χ4v) is 5.49. The second kappa shape index (κ2) is 10.4. The summed E-state index contributed by atoms with van der Waals surface area (Å²) in [6, 6.07) is 16.5. The van der Waals surface area contributed by atoms with Crippen molar-refractivity contribution in [1.82, 2.24) is 4.90 Å². The van der Waals surface area contributed by atoms with E-state index in [1.165, 1.54) is 23.9 Å². The first-order valence-corrected chi connectivity index (χ1v) is 12.4. The van der Waals surface area contributed by atoms with Gasteiger partial charge in [0.1, 0.15) is 0 Å². The van der Waals surface area contributed by atoms with Gasteiger partial charge in [-0.05, 0) is 65.9 Å². The molecule has 172 valence electrons. The van der Waals surface area contributed by atoms with Gasteiger partial charge in [0.25, 0.3) is 16.8 Å². The van der Waals surface area contributed by atoms with E-state index in [0.29, 0.717) is 31.1 Å². The first-order valence-electron chi connectivity index (χ1n) is 9.63. The molecule has 0 saturated carbocycles. The third-order valence-corrected chi connectivity index (χ3v) is 7.71. The minimum absolute atomic E-state index is 0.0721. The summed E-state index contributed by atoms with van der Waals surface area (Å²) >= 11 is 20.2. The number of nitro benzene ring substituents is 1. The molecular formula is C23H13Cl3N2O4S2. The molecule has 11 heteroatoms. The molecule has 0 radical (unpaired) electrons. The number of rotatable bonds is 6.